The molecule has 1 atom stereocenters. The summed E-state index contributed by atoms with van der Waals surface area (Å²) in [4.78, 5) is 12.3. The lowest BCUT2D eigenvalue weighted by molar-refractivity contribution is -0.116. The standard InChI is InChI=1S/C20H26N2O3/c1-3-16-6-4-5-7-19(16)22-20(24)14-15(2)21-17-8-10-18(11-9-17)25-13-12-23/h4-11,15,21,23H,3,12-14H2,1-2H3,(H,22,24). The van der Waals surface area contributed by atoms with Crippen molar-refractivity contribution in [3.63, 3.8) is 0 Å². The second kappa shape index (κ2) is 9.69. The van der Waals surface area contributed by atoms with E-state index in [1.165, 1.54) is 0 Å². The quantitative estimate of drug-likeness (QED) is 0.653. The van der Waals surface area contributed by atoms with Crippen molar-refractivity contribution >= 4 is 17.3 Å². The molecule has 5 nitrogen and oxygen atoms in total. The van der Waals surface area contributed by atoms with E-state index in [2.05, 4.69) is 17.6 Å². The molecule has 0 saturated carbocycles. The van der Waals surface area contributed by atoms with Crippen LogP contribution in [0.1, 0.15) is 25.8 Å². The number of rotatable bonds is 9. The Balaban J connectivity index is 1.84. The SMILES string of the molecule is CCc1ccccc1NC(=O)CC(C)Nc1ccc(OCCO)cc1. The lowest BCUT2D eigenvalue weighted by Crippen LogP contribution is -2.24. The van der Waals surface area contributed by atoms with Crippen LogP contribution >= 0.6 is 0 Å². The van der Waals surface area contributed by atoms with E-state index in [1.807, 2.05) is 55.5 Å². The van der Waals surface area contributed by atoms with Crippen LogP contribution in [0, 0.1) is 0 Å². The topological polar surface area (TPSA) is 70.6 Å². The zero-order valence-electron chi connectivity index (χ0n) is 14.8. The minimum atomic E-state index is -0.0104. The van der Waals surface area contributed by atoms with E-state index < -0.39 is 0 Å². The smallest absolute Gasteiger partial charge is 0.226 e. The van der Waals surface area contributed by atoms with Gasteiger partial charge in [0.05, 0.1) is 6.61 Å². The number of hydrogen-bond donors (Lipinski definition) is 3. The van der Waals surface area contributed by atoms with E-state index in [0.717, 1.165) is 23.4 Å². The molecule has 0 fully saturated rings. The fourth-order valence-corrected chi connectivity index (χ4v) is 2.58. The van der Waals surface area contributed by atoms with Gasteiger partial charge in [0.2, 0.25) is 5.91 Å². The molecule has 0 heterocycles. The van der Waals surface area contributed by atoms with Gasteiger partial charge in [0.15, 0.2) is 0 Å². The molecular weight excluding hydrogens is 316 g/mol. The molecule has 0 radical (unpaired) electrons. The third-order valence-electron chi connectivity index (χ3n) is 3.79. The Morgan fingerprint density at radius 1 is 1.16 bits per heavy atom. The molecule has 0 aromatic heterocycles. The molecule has 25 heavy (non-hydrogen) atoms. The first-order valence-electron chi connectivity index (χ1n) is 8.60. The zero-order valence-corrected chi connectivity index (χ0v) is 14.8. The second-order valence-electron chi connectivity index (χ2n) is 5.90. The maximum Gasteiger partial charge on any atom is 0.226 e. The number of aliphatic hydroxyl groups excluding tert-OH is 1. The van der Waals surface area contributed by atoms with E-state index in [4.69, 9.17) is 9.84 Å². The summed E-state index contributed by atoms with van der Waals surface area (Å²) in [5.41, 5.74) is 2.94. The van der Waals surface area contributed by atoms with Crippen molar-refractivity contribution in [2.45, 2.75) is 32.7 Å². The summed E-state index contributed by atoms with van der Waals surface area (Å²) < 4.78 is 5.33. The molecule has 5 heteroatoms. The summed E-state index contributed by atoms with van der Waals surface area (Å²) in [6.07, 6.45) is 1.26. The highest BCUT2D eigenvalue weighted by Crippen LogP contribution is 2.18. The number of hydrogen-bond acceptors (Lipinski definition) is 4. The largest absolute Gasteiger partial charge is 0.491 e. The number of benzene rings is 2. The van der Waals surface area contributed by atoms with Gasteiger partial charge in [-0.25, -0.2) is 0 Å². The molecule has 2 aromatic carbocycles. The molecule has 2 aromatic rings. The third-order valence-corrected chi connectivity index (χ3v) is 3.79. The maximum atomic E-state index is 12.3. The highest BCUT2D eigenvalue weighted by Gasteiger charge is 2.11. The van der Waals surface area contributed by atoms with Crippen molar-refractivity contribution in [2.24, 2.45) is 0 Å². The Kier molecular flexibility index (Phi) is 7.29. The average molecular weight is 342 g/mol. The van der Waals surface area contributed by atoms with Gasteiger partial charge in [-0.15, -0.1) is 0 Å². The predicted octanol–water partition coefficient (Wildman–Crippen LogP) is 3.45. The summed E-state index contributed by atoms with van der Waals surface area (Å²) in [7, 11) is 0. The van der Waals surface area contributed by atoms with E-state index >= 15 is 0 Å². The fourth-order valence-electron chi connectivity index (χ4n) is 2.58. The van der Waals surface area contributed by atoms with Crippen molar-refractivity contribution in [3.8, 4) is 5.75 Å². The van der Waals surface area contributed by atoms with Gasteiger partial charge in [0, 0.05) is 23.8 Å². The molecule has 0 bridgehead atoms. The normalized spacial score (nSPS) is 11.6. The van der Waals surface area contributed by atoms with Crippen molar-refractivity contribution in [1.29, 1.82) is 0 Å². The first-order chi connectivity index (χ1) is 12.1. The first kappa shape index (κ1) is 18.8. The number of anilines is 2. The molecule has 1 amide bonds. The van der Waals surface area contributed by atoms with Crippen LogP contribution in [0.25, 0.3) is 0 Å². The number of nitrogens with one attached hydrogen (secondary N) is 2. The predicted molar refractivity (Wildman–Crippen MR) is 101 cm³/mol. The Morgan fingerprint density at radius 2 is 1.88 bits per heavy atom. The van der Waals surface area contributed by atoms with Crippen molar-refractivity contribution in [3.05, 3.63) is 54.1 Å². The van der Waals surface area contributed by atoms with Gasteiger partial charge in [0.1, 0.15) is 12.4 Å². The Labute approximate surface area is 149 Å². The van der Waals surface area contributed by atoms with E-state index in [9.17, 15) is 4.79 Å². The fraction of sp³-hybridized carbons (Fsp3) is 0.350. The van der Waals surface area contributed by atoms with Crippen LogP contribution in [0.4, 0.5) is 11.4 Å². The first-order valence-corrected chi connectivity index (χ1v) is 8.60. The van der Waals surface area contributed by atoms with Gasteiger partial charge in [0.25, 0.3) is 0 Å². The summed E-state index contributed by atoms with van der Waals surface area (Å²) in [6, 6.07) is 15.3. The number of ether oxygens (including phenoxy) is 1. The molecule has 0 spiro atoms. The van der Waals surface area contributed by atoms with Crippen LogP contribution in [0.2, 0.25) is 0 Å². The minimum Gasteiger partial charge on any atom is -0.491 e. The number of aryl methyl sites for hydroxylation is 1. The zero-order chi connectivity index (χ0) is 18.1. The lowest BCUT2D eigenvalue weighted by atomic mass is 10.1. The number of carbonyl (C=O) groups excluding carboxylic acids is 1. The van der Waals surface area contributed by atoms with Crippen LogP contribution < -0.4 is 15.4 Å². The van der Waals surface area contributed by atoms with Gasteiger partial charge in [-0.1, -0.05) is 25.1 Å². The van der Waals surface area contributed by atoms with E-state index in [1.54, 1.807) is 0 Å². The molecule has 2 rings (SSSR count). The Morgan fingerprint density at radius 3 is 2.56 bits per heavy atom. The lowest BCUT2D eigenvalue weighted by Gasteiger charge is -2.16. The van der Waals surface area contributed by atoms with Crippen LogP contribution in [0.15, 0.2) is 48.5 Å². The summed E-state index contributed by atoms with van der Waals surface area (Å²) in [5, 5.41) is 15.0. The second-order valence-corrected chi connectivity index (χ2v) is 5.90. The average Bonchev–Trinajstić information content (AvgIpc) is 2.61. The number of carbonyl (C=O) groups is 1. The van der Waals surface area contributed by atoms with Gasteiger partial charge in [-0.05, 0) is 49.2 Å². The highest BCUT2D eigenvalue weighted by atomic mass is 16.5. The van der Waals surface area contributed by atoms with Crippen LogP contribution in [0.5, 0.6) is 5.75 Å². The molecular formula is C20H26N2O3. The van der Waals surface area contributed by atoms with Crippen molar-refractivity contribution in [2.75, 3.05) is 23.8 Å². The monoisotopic (exact) mass is 342 g/mol. The van der Waals surface area contributed by atoms with Crippen LogP contribution in [-0.4, -0.2) is 30.3 Å². The van der Waals surface area contributed by atoms with Gasteiger partial charge < -0.3 is 20.5 Å². The summed E-state index contributed by atoms with van der Waals surface area (Å²) in [5.74, 6) is 0.699. The van der Waals surface area contributed by atoms with Crippen molar-refractivity contribution < 1.29 is 14.6 Å². The molecule has 0 aliphatic rings. The molecule has 0 saturated heterocycles. The highest BCUT2D eigenvalue weighted by molar-refractivity contribution is 5.92. The van der Waals surface area contributed by atoms with E-state index in [0.29, 0.717) is 12.2 Å². The Bertz CT molecular complexity index is 671. The van der Waals surface area contributed by atoms with E-state index in [-0.39, 0.29) is 25.2 Å². The van der Waals surface area contributed by atoms with Gasteiger partial charge in [-0.2, -0.15) is 0 Å². The molecule has 3 N–H and O–H groups in total. The molecule has 0 aliphatic heterocycles. The molecule has 0 aliphatic carbocycles. The molecule has 134 valence electrons. The molecule has 1 unspecified atom stereocenters. The van der Waals surface area contributed by atoms with Gasteiger partial charge >= 0.3 is 0 Å². The summed E-state index contributed by atoms with van der Waals surface area (Å²) in [6.45, 7) is 4.32. The summed E-state index contributed by atoms with van der Waals surface area (Å²) >= 11 is 0. The maximum absolute atomic E-state index is 12.3. The van der Waals surface area contributed by atoms with Crippen LogP contribution in [-0.2, 0) is 11.2 Å². The van der Waals surface area contributed by atoms with Gasteiger partial charge in [-0.3, -0.25) is 4.79 Å². The van der Waals surface area contributed by atoms with Crippen molar-refractivity contribution in [1.82, 2.24) is 0 Å². The number of amides is 1. The number of aliphatic hydroxyl groups is 1. The van der Waals surface area contributed by atoms with Crippen LogP contribution in [0.3, 0.4) is 0 Å². The minimum absolute atomic E-state index is 0.00185. The third kappa shape index (κ3) is 6.12. The Hall–Kier alpha value is -2.53. The number of para-hydroxylation sites is 1.